The lowest BCUT2D eigenvalue weighted by Crippen LogP contribution is -2.14. The number of nitrogens with one attached hydrogen (secondary N) is 1. The topological polar surface area (TPSA) is 104 Å². The van der Waals surface area contributed by atoms with Gasteiger partial charge in [0.15, 0.2) is 5.16 Å². The van der Waals surface area contributed by atoms with E-state index in [1.165, 1.54) is 12.4 Å². The van der Waals surface area contributed by atoms with Gasteiger partial charge in [0.1, 0.15) is 0 Å². The van der Waals surface area contributed by atoms with Gasteiger partial charge in [-0.15, -0.1) is 0 Å². The minimum atomic E-state index is -0.834. The van der Waals surface area contributed by atoms with E-state index in [0.29, 0.717) is 0 Å². The second-order valence-corrected chi connectivity index (χ2v) is 1.62. The molecule has 0 bridgehead atoms. The Bertz CT molecular complexity index is 278. The van der Waals surface area contributed by atoms with E-state index in [9.17, 15) is 10.1 Å². The number of amidine groups is 1. The largest absolute Gasteiger partial charge is 0.452 e. The molecule has 0 spiro atoms. The minimum Gasteiger partial charge on any atom is -0.358 e. The van der Waals surface area contributed by atoms with Gasteiger partial charge in [0.25, 0.3) is 0 Å². The average Bonchev–Trinajstić information content (AvgIpc) is 2.40. The van der Waals surface area contributed by atoms with Crippen molar-refractivity contribution in [3.8, 4) is 0 Å². The summed E-state index contributed by atoms with van der Waals surface area (Å²) in [4.78, 5) is 15.2. The molecule has 2 N–H and O–H groups in total. The molecule has 0 aliphatic rings. The summed E-state index contributed by atoms with van der Waals surface area (Å²) in [5, 5.41) is 20.7. The van der Waals surface area contributed by atoms with Gasteiger partial charge >= 0.3 is 5.84 Å². The predicted molar refractivity (Wildman–Crippen MR) is 33.9 cm³/mol. The van der Waals surface area contributed by atoms with Gasteiger partial charge in [-0.3, -0.25) is 0 Å². The number of aromatic amines is 1. The second kappa shape index (κ2) is 2.78. The van der Waals surface area contributed by atoms with Gasteiger partial charge in [-0.2, -0.15) is 0 Å². The Morgan fingerprint density at radius 1 is 1.91 bits per heavy atom. The minimum absolute atomic E-state index is 0.0718. The molecule has 0 fully saturated rings. The molecule has 0 amide bonds. The molecule has 1 aromatic rings. The van der Waals surface area contributed by atoms with Gasteiger partial charge in [-0.1, -0.05) is 0 Å². The summed E-state index contributed by atoms with van der Waals surface area (Å²) in [6, 6.07) is 0. The summed E-state index contributed by atoms with van der Waals surface area (Å²) < 4.78 is 0. The maximum Gasteiger partial charge on any atom is 0.452 e. The van der Waals surface area contributed by atoms with Crippen molar-refractivity contribution in [1.82, 2.24) is 9.97 Å². The summed E-state index contributed by atoms with van der Waals surface area (Å²) >= 11 is 0. The average molecular weight is 156 g/mol. The highest BCUT2D eigenvalue weighted by atomic mass is 16.6. The van der Waals surface area contributed by atoms with E-state index in [1.807, 2.05) is 0 Å². The van der Waals surface area contributed by atoms with Gasteiger partial charge < -0.3 is 20.3 Å². The molecule has 1 heterocycles. The number of oxime groups is 1. The van der Waals surface area contributed by atoms with E-state index in [4.69, 9.17) is 5.21 Å². The number of aromatic nitrogens is 2. The van der Waals surface area contributed by atoms with E-state index < -0.39 is 10.8 Å². The van der Waals surface area contributed by atoms with Crippen molar-refractivity contribution in [2.45, 2.75) is 0 Å². The Balaban J connectivity index is 2.99. The lowest BCUT2D eigenvalue weighted by atomic mass is 10.6. The van der Waals surface area contributed by atoms with Crippen LogP contribution in [-0.2, 0) is 0 Å². The van der Waals surface area contributed by atoms with E-state index >= 15 is 0 Å². The highest BCUT2D eigenvalue weighted by Gasteiger charge is 2.18. The van der Waals surface area contributed by atoms with Crippen molar-refractivity contribution in [1.29, 1.82) is 0 Å². The van der Waals surface area contributed by atoms with Crippen molar-refractivity contribution in [2.24, 2.45) is 5.16 Å². The van der Waals surface area contributed by atoms with Gasteiger partial charge in [0.2, 0.25) is 5.82 Å². The van der Waals surface area contributed by atoms with Crippen LogP contribution in [0.4, 0.5) is 0 Å². The van der Waals surface area contributed by atoms with Crippen molar-refractivity contribution >= 4 is 5.84 Å². The Morgan fingerprint density at radius 3 is 3.00 bits per heavy atom. The van der Waals surface area contributed by atoms with Gasteiger partial charge in [0, 0.05) is 12.4 Å². The Morgan fingerprint density at radius 2 is 2.64 bits per heavy atom. The van der Waals surface area contributed by atoms with Crippen LogP contribution >= 0.6 is 0 Å². The summed E-state index contributed by atoms with van der Waals surface area (Å²) in [5.41, 5.74) is 0. The van der Waals surface area contributed by atoms with Crippen LogP contribution in [0.5, 0.6) is 0 Å². The third kappa shape index (κ3) is 1.31. The van der Waals surface area contributed by atoms with E-state index in [0.717, 1.165) is 0 Å². The molecule has 0 saturated carbocycles. The van der Waals surface area contributed by atoms with Crippen LogP contribution in [0.2, 0.25) is 0 Å². The van der Waals surface area contributed by atoms with Crippen molar-refractivity contribution in [3.05, 3.63) is 28.3 Å². The Hall–Kier alpha value is -1.92. The highest BCUT2D eigenvalue weighted by molar-refractivity contribution is 5.87. The molecule has 0 aromatic carbocycles. The molecule has 0 radical (unpaired) electrons. The summed E-state index contributed by atoms with van der Waals surface area (Å²) in [6.07, 6.45) is 2.72. The zero-order valence-electron chi connectivity index (χ0n) is 5.26. The summed E-state index contributed by atoms with van der Waals surface area (Å²) in [6.45, 7) is 0. The maximum absolute atomic E-state index is 10.1. The number of H-pyrrole nitrogens is 1. The number of hydrogen-bond donors (Lipinski definition) is 2. The second-order valence-electron chi connectivity index (χ2n) is 1.62. The molecule has 1 aromatic heterocycles. The number of nitrogens with zero attached hydrogens (tertiary/aromatic N) is 3. The van der Waals surface area contributed by atoms with Gasteiger partial charge in [0.05, 0.1) is 0 Å². The molecule has 1 rings (SSSR count). The van der Waals surface area contributed by atoms with Crippen molar-refractivity contribution < 1.29 is 10.1 Å². The van der Waals surface area contributed by atoms with Crippen LogP contribution in [0, 0.1) is 10.1 Å². The van der Waals surface area contributed by atoms with E-state index in [2.05, 4.69) is 15.1 Å². The molecule has 58 valence electrons. The maximum atomic E-state index is 10.1. The zero-order chi connectivity index (χ0) is 8.27. The number of nitro groups is 1. The Labute approximate surface area is 60.5 Å². The normalized spacial score (nSPS) is 11.5. The molecule has 0 aliphatic carbocycles. The van der Waals surface area contributed by atoms with Crippen molar-refractivity contribution in [3.63, 3.8) is 0 Å². The monoisotopic (exact) mass is 156 g/mol. The molecule has 11 heavy (non-hydrogen) atoms. The van der Waals surface area contributed by atoms with E-state index in [1.54, 1.807) is 0 Å². The molecular formula is C4H4N4O3. The first-order valence-electron chi connectivity index (χ1n) is 2.62. The smallest absolute Gasteiger partial charge is 0.358 e. The molecule has 0 aliphatic heterocycles. The van der Waals surface area contributed by atoms with Gasteiger partial charge in [-0.05, 0) is 4.92 Å². The van der Waals surface area contributed by atoms with Crippen LogP contribution in [0.3, 0.4) is 0 Å². The van der Waals surface area contributed by atoms with Crippen LogP contribution in [-0.4, -0.2) is 25.9 Å². The number of hydrogen-bond acceptors (Lipinski definition) is 5. The SMILES string of the molecule is O=[N+]([O-])/C(=N\O)c1ncc[nH]1. The van der Waals surface area contributed by atoms with Crippen molar-refractivity contribution in [2.75, 3.05) is 0 Å². The zero-order valence-corrected chi connectivity index (χ0v) is 5.26. The van der Waals surface area contributed by atoms with E-state index in [-0.39, 0.29) is 5.82 Å². The van der Waals surface area contributed by atoms with Gasteiger partial charge in [-0.25, -0.2) is 4.98 Å². The fourth-order valence-electron chi connectivity index (χ4n) is 0.558. The van der Waals surface area contributed by atoms with Crippen LogP contribution in [0.25, 0.3) is 0 Å². The molecule has 0 saturated heterocycles. The van der Waals surface area contributed by atoms with Crippen LogP contribution in [0.1, 0.15) is 5.82 Å². The molecule has 0 unspecified atom stereocenters. The molecular weight excluding hydrogens is 152 g/mol. The number of imidazole rings is 1. The highest BCUT2D eigenvalue weighted by Crippen LogP contribution is 1.92. The first-order chi connectivity index (χ1) is 5.25. The molecule has 7 heteroatoms. The standard InChI is InChI=1S/C4H4N4O3/c9-7-4(8(10)11)3-5-1-2-6-3/h1-2,9H,(H,5,6)/b7-4-. The van der Waals surface area contributed by atoms with Crippen LogP contribution < -0.4 is 0 Å². The molecule has 0 atom stereocenters. The fraction of sp³-hybridized carbons (Fsp3) is 0. The first kappa shape index (κ1) is 7.19. The lowest BCUT2D eigenvalue weighted by molar-refractivity contribution is -0.351. The summed E-state index contributed by atoms with van der Waals surface area (Å²) in [5.74, 6) is -0.771. The Kier molecular flexibility index (Phi) is 1.81. The quantitative estimate of drug-likeness (QED) is 0.193. The lowest BCUT2D eigenvalue weighted by Gasteiger charge is -1.89. The third-order valence-corrected chi connectivity index (χ3v) is 0.978. The summed E-state index contributed by atoms with van der Waals surface area (Å²) in [7, 11) is 0. The first-order valence-corrected chi connectivity index (χ1v) is 2.62. The van der Waals surface area contributed by atoms with Crippen LogP contribution in [0.15, 0.2) is 17.5 Å². The number of rotatable bonds is 1. The fourth-order valence-corrected chi connectivity index (χ4v) is 0.558. The molecule has 7 nitrogen and oxygen atoms in total. The third-order valence-electron chi connectivity index (χ3n) is 0.978. The predicted octanol–water partition coefficient (Wildman–Crippen LogP) is -0.178.